The Bertz CT molecular complexity index is 554. The Morgan fingerprint density at radius 3 is 2.45 bits per heavy atom. The molecule has 0 saturated heterocycles. The summed E-state index contributed by atoms with van der Waals surface area (Å²) in [5.74, 6) is 0.473. The van der Waals surface area contributed by atoms with E-state index in [1.54, 1.807) is 31.2 Å². The number of amides is 1. The van der Waals surface area contributed by atoms with Crippen molar-refractivity contribution >= 4 is 17.5 Å². The molecular weight excluding hydrogens is 274 g/mol. The Morgan fingerprint density at radius 1 is 1.15 bits per heavy atom. The van der Waals surface area contributed by atoms with Crippen molar-refractivity contribution in [1.29, 1.82) is 0 Å². The minimum Gasteiger partial charge on any atom is -0.481 e. The highest BCUT2D eigenvalue weighted by molar-refractivity contribution is 6.30. The highest BCUT2D eigenvalue weighted by atomic mass is 35.5. The van der Waals surface area contributed by atoms with Crippen LogP contribution in [-0.4, -0.2) is 12.0 Å². The number of hydrogen-bond acceptors (Lipinski definition) is 2. The first-order valence-electron chi connectivity index (χ1n) is 6.39. The molecule has 4 heteroatoms. The summed E-state index contributed by atoms with van der Waals surface area (Å²) >= 11 is 5.79. The number of benzene rings is 2. The SMILES string of the molecule is C[C@@H](Oc1ccc(Cl)cc1)C(=O)NCc1ccccc1. The van der Waals surface area contributed by atoms with E-state index in [0.29, 0.717) is 17.3 Å². The molecule has 2 aromatic rings. The molecule has 1 amide bonds. The first-order chi connectivity index (χ1) is 9.65. The van der Waals surface area contributed by atoms with Gasteiger partial charge in [-0.15, -0.1) is 0 Å². The van der Waals surface area contributed by atoms with Crippen LogP contribution in [-0.2, 0) is 11.3 Å². The predicted octanol–water partition coefficient (Wildman–Crippen LogP) is 3.42. The molecule has 2 aromatic carbocycles. The van der Waals surface area contributed by atoms with Gasteiger partial charge in [0.1, 0.15) is 5.75 Å². The monoisotopic (exact) mass is 289 g/mol. The van der Waals surface area contributed by atoms with Crippen molar-refractivity contribution in [2.75, 3.05) is 0 Å². The summed E-state index contributed by atoms with van der Waals surface area (Å²) in [6.45, 7) is 2.21. The third-order valence-corrected chi connectivity index (χ3v) is 3.06. The zero-order valence-electron chi connectivity index (χ0n) is 11.2. The molecule has 0 spiro atoms. The molecule has 2 rings (SSSR count). The first kappa shape index (κ1) is 14.4. The standard InChI is InChI=1S/C16H16ClNO2/c1-12(20-15-9-7-14(17)8-10-15)16(19)18-11-13-5-3-2-4-6-13/h2-10,12H,11H2,1H3,(H,18,19)/t12-/m1/s1. The number of carbonyl (C=O) groups excluding carboxylic acids is 1. The second-order valence-corrected chi connectivity index (χ2v) is 4.85. The lowest BCUT2D eigenvalue weighted by atomic mass is 10.2. The molecule has 0 aliphatic heterocycles. The van der Waals surface area contributed by atoms with Crippen LogP contribution in [0.4, 0.5) is 0 Å². The molecule has 0 saturated carbocycles. The quantitative estimate of drug-likeness (QED) is 0.916. The molecule has 3 nitrogen and oxygen atoms in total. The van der Waals surface area contributed by atoms with Gasteiger partial charge < -0.3 is 10.1 Å². The van der Waals surface area contributed by atoms with Crippen LogP contribution in [0, 0.1) is 0 Å². The van der Waals surface area contributed by atoms with Crippen molar-refractivity contribution < 1.29 is 9.53 Å². The highest BCUT2D eigenvalue weighted by Gasteiger charge is 2.14. The van der Waals surface area contributed by atoms with E-state index in [0.717, 1.165) is 5.56 Å². The summed E-state index contributed by atoms with van der Waals surface area (Å²) in [6, 6.07) is 16.7. The summed E-state index contributed by atoms with van der Waals surface area (Å²) in [6.07, 6.45) is -0.556. The highest BCUT2D eigenvalue weighted by Crippen LogP contribution is 2.16. The lowest BCUT2D eigenvalue weighted by molar-refractivity contribution is -0.127. The molecular formula is C16H16ClNO2. The summed E-state index contributed by atoms with van der Waals surface area (Å²) < 4.78 is 5.55. The Morgan fingerprint density at radius 2 is 1.80 bits per heavy atom. The largest absolute Gasteiger partial charge is 0.481 e. The fourth-order valence-corrected chi connectivity index (χ4v) is 1.83. The van der Waals surface area contributed by atoms with E-state index in [4.69, 9.17) is 16.3 Å². The summed E-state index contributed by atoms with van der Waals surface area (Å²) in [5, 5.41) is 3.48. The maximum absolute atomic E-state index is 11.9. The van der Waals surface area contributed by atoms with Crippen LogP contribution >= 0.6 is 11.6 Å². The lowest BCUT2D eigenvalue weighted by Gasteiger charge is -2.14. The Balaban J connectivity index is 1.84. The van der Waals surface area contributed by atoms with Crippen LogP contribution in [0.3, 0.4) is 0 Å². The topological polar surface area (TPSA) is 38.3 Å². The molecule has 1 atom stereocenters. The Hall–Kier alpha value is -2.00. The van der Waals surface area contributed by atoms with Crippen molar-refractivity contribution in [3.8, 4) is 5.75 Å². The van der Waals surface area contributed by atoms with Gasteiger partial charge in [0.2, 0.25) is 0 Å². The van der Waals surface area contributed by atoms with Gasteiger partial charge in [0.15, 0.2) is 6.10 Å². The number of carbonyl (C=O) groups is 1. The van der Waals surface area contributed by atoms with Gasteiger partial charge in [0, 0.05) is 11.6 Å². The molecule has 0 bridgehead atoms. The molecule has 0 radical (unpaired) electrons. The fourth-order valence-electron chi connectivity index (χ4n) is 1.70. The van der Waals surface area contributed by atoms with Crippen LogP contribution in [0.15, 0.2) is 54.6 Å². The average Bonchev–Trinajstić information content (AvgIpc) is 2.48. The van der Waals surface area contributed by atoms with E-state index in [1.165, 1.54) is 0 Å². The van der Waals surface area contributed by atoms with Crippen LogP contribution in [0.5, 0.6) is 5.75 Å². The molecule has 0 aliphatic carbocycles. The van der Waals surface area contributed by atoms with E-state index < -0.39 is 6.10 Å². The van der Waals surface area contributed by atoms with Crippen LogP contribution in [0.1, 0.15) is 12.5 Å². The summed E-state index contributed by atoms with van der Waals surface area (Å²) in [7, 11) is 0. The van der Waals surface area contributed by atoms with Crippen molar-refractivity contribution in [2.45, 2.75) is 19.6 Å². The van der Waals surface area contributed by atoms with Crippen LogP contribution < -0.4 is 10.1 Å². The molecule has 0 fully saturated rings. The fraction of sp³-hybridized carbons (Fsp3) is 0.188. The van der Waals surface area contributed by atoms with Crippen molar-refractivity contribution in [3.05, 3.63) is 65.2 Å². The van der Waals surface area contributed by atoms with E-state index in [9.17, 15) is 4.79 Å². The van der Waals surface area contributed by atoms with E-state index in [-0.39, 0.29) is 5.91 Å². The van der Waals surface area contributed by atoms with Gasteiger partial charge in [-0.2, -0.15) is 0 Å². The number of rotatable bonds is 5. The summed E-state index contributed by atoms with van der Waals surface area (Å²) in [4.78, 5) is 11.9. The minimum absolute atomic E-state index is 0.149. The van der Waals surface area contributed by atoms with Crippen LogP contribution in [0.25, 0.3) is 0 Å². The normalized spacial score (nSPS) is 11.7. The molecule has 1 N–H and O–H groups in total. The smallest absolute Gasteiger partial charge is 0.261 e. The first-order valence-corrected chi connectivity index (χ1v) is 6.77. The van der Waals surface area contributed by atoms with Crippen molar-refractivity contribution in [3.63, 3.8) is 0 Å². The van der Waals surface area contributed by atoms with Gasteiger partial charge in [-0.05, 0) is 36.8 Å². The molecule has 0 aromatic heterocycles. The third kappa shape index (κ3) is 4.28. The van der Waals surface area contributed by atoms with Gasteiger partial charge >= 0.3 is 0 Å². The predicted molar refractivity (Wildman–Crippen MR) is 79.8 cm³/mol. The van der Waals surface area contributed by atoms with Crippen molar-refractivity contribution in [1.82, 2.24) is 5.32 Å². The molecule has 104 valence electrons. The van der Waals surface area contributed by atoms with Crippen LogP contribution in [0.2, 0.25) is 5.02 Å². The van der Waals surface area contributed by atoms with E-state index in [2.05, 4.69) is 5.32 Å². The third-order valence-electron chi connectivity index (χ3n) is 2.81. The number of halogens is 1. The molecule has 0 aliphatic rings. The zero-order valence-corrected chi connectivity index (χ0v) is 11.9. The van der Waals surface area contributed by atoms with Crippen molar-refractivity contribution in [2.24, 2.45) is 0 Å². The lowest BCUT2D eigenvalue weighted by Crippen LogP contribution is -2.35. The van der Waals surface area contributed by atoms with Gasteiger partial charge in [-0.1, -0.05) is 41.9 Å². The second kappa shape index (κ2) is 6.96. The maximum Gasteiger partial charge on any atom is 0.261 e. The van der Waals surface area contributed by atoms with E-state index in [1.807, 2.05) is 30.3 Å². The van der Waals surface area contributed by atoms with Gasteiger partial charge in [0.05, 0.1) is 0 Å². The van der Waals surface area contributed by atoms with Gasteiger partial charge in [-0.3, -0.25) is 4.79 Å². The Kier molecular flexibility index (Phi) is 5.02. The second-order valence-electron chi connectivity index (χ2n) is 4.42. The maximum atomic E-state index is 11.9. The molecule has 0 heterocycles. The van der Waals surface area contributed by atoms with Gasteiger partial charge in [-0.25, -0.2) is 0 Å². The number of hydrogen-bond donors (Lipinski definition) is 1. The average molecular weight is 290 g/mol. The zero-order chi connectivity index (χ0) is 14.4. The van der Waals surface area contributed by atoms with E-state index >= 15 is 0 Å². The number of nitrogens with one attached hydrogen (secondary N) is 1. The van der Waals surface area contributed by atoms with Gasteiger partial charge in [0.25, 0.3) is 5.91 Å². The minimum atomic E-state index is -0.556. The molecule has 20 heavy (non-hydrogen) atoms. The molecule has 0 unspecified atom stereocenters. The Labute approximate surface area is 123 Å². The number of ether oxygens (including phenoxy) is 1. The summed E-state index contributed by atoms with van der Waals surface area (Å²) in [5.41, 5.74) is 1.06.